The molecule has 1 aliphatic rings. The Hall–Kier alpha value is -1.08. The lowest BCUT2D eigenvalue weighted by Gasteiger charge is -2.17. The van der Waals surface area contributed by atoms with Gasteiger partial charge in [0.25, 0.3) is 5.69 Å². The fourth-order valence-corrected chi connectivity index (χ4v) is 2.85. The first-order valence-electron chi connectivity index (χ1n) is 5.38. The molecule has 0 radical (unpaired) electrons. The van der Waals surface area contributed by atoms with Crippen molar-refractivity contribution in [2.24, 2.45) is 5.92 Å². The Morgan fingerprint density at radius 2 is 2.28 bits per heavy atom. The van der Waals surface area contributed by atoms with Gasteiger partial charge in [-0.15, -0.1) is 0 Å². The number of hydrogen-bond acceptors (Lipinski definition) is 4. The molecule has 1 heterocycles. The minimum absolute atomic E-state index is 0.0578. The van der Waals surface area contributed by atoms with Crippen molar-refractivity contribution in [2.45, 2.75) is 6.42 Å². The van der Waals surface area contributed by atoms with Gasteiger partial charge in [-0.1, -0.05) is 6.07 Å². The Morgan fingerprint density at radius 1 is 1.56 bits per heavy atom. The van der Waals surface area contributed by atoms with E-state index in [1.807, 2.05) is 0 Å². The Balaban J connectivity index is 2.45. The maximum absolute atomic E-state index is 11.9. The second kappa shape index (κ2) is 5.27. The van der Waals surface area contributed by atoms with Gasteiger partial charge in [-0.3, -0.25) is 14.9 Å². The third kappa shape index (κ3) is 2.37. The van der Waals surface area contributed by atoms with Crippen molar-refractivity contribution in [1.82, 2.24) is 0 Å². The van der Waals surface area contributed by atoms with Crippen molar-refractivity contribution >= 4 is 45.8 Å². The number of carbonyl (C=O) groups is 1. The van der Waals surface area contributed by atoms with Crippen molar-refractivity contribution in [3.63, 3.8) is 0 Å². The second-order valence-corrected chi connectivity index (χ2v) is 5.34. The average Bonchev–Trinajstić information content (AvgIpc) is 2.70. The number of thiol groups is 1. The van der Waals surface area contributed by atoms with Crippen LogP contribution in [0.5, 0.6) is 0 Å². The van der Waals surface area contributed by atoms with Gasteiger partial charge in [-0.05, 0) is 33.7 Å². The van der Waals surface area contributed by atoms with E-state index in [1.54, 1.807) is 12.1 Å². The summed E-state index contributed by atoms with van der Waals surface area (Å²) < 4.78 is 0.560. The first kappa shape index (κ1) is 13.4. The first-order chi connectivity index (χ1) is 8.54. The summed E-state index contributed by atoms with van der Waals surface area (Å²) in [7, 11) is 0. The smallest absolute Gasteiger partial charge is 0.294 e. The molecule has 1 aromatic rings. The van der Waals surface area contributed by atoms with Crippen LogP contribution in [0, 0.1) is 16.0 Å². The lowest BCUT2D eigenvalue weighted by molar-refractivity contribution is -0.384. The van der Waals surface area contributed by atoms with E-state index in [1.165, 1.54) is 11.0 Å². The molecular weight excluding hydrogens is 320 g/mol. The summed E-state index contributed by atoms with van der Waals surface area (Å²) in [5.41, 5.74) is 0.286. The van der Waals surface area contributed by atoms with Crippen LogP contribution in [-0.2, 0) is 4.79 Å². The highest BCUT2D eigenvalue weighted by Gasteiger charge is 2.34. The van der Waals surface area contributed by atoms with Crippen LogP contribution in [-0.4, -0.2) is 23.1 Å². The summed E-state index contributed by atoms with van der Waals surface area (Å²) in [5, 5.41) is 11.0. The molecule has 0 aliphatic carbocycles. The number of nitro groups is 1. The number of rotatable bonds is 3. The Kier molecular flexibility index (Phi) is 3.91. The number of anilines is 1. The van der Waals surface area contributed by atoms with Crippen molar-refractivity contribution < 1.29 is 9.72 Å². The maximum Gasteiger partial charge on any atom is 0.294 e. The number of amides is 1. The number of para-hydroxylation sites is 1. The van der Waals surface area contributed by atoms with Crippen molar-refractivity contribution in [3.05, 3.63) is 32.8 Å². The lowest BCUT2D eigenvalue weighted by Crippen LogP contribution is -2.26. The van der Waals surface area contributed by atoms with E-state index >= 15 is 0 Å². The van der Waals surface area contributed by atoms with Crippen LogP contribution in [0.2, 0.25) is 0 Å². The predicted octanol–water partition coefficient (Wildman–Crippen LogP) is 2.64. The van der Waals surface area contributed by atoms with E-state index in [0.29, 0.717) is 28.9 Å². The van der Waals surface area contributed by atoms with Gasteiger partial charge >= 0.3 is 0 Å². The van der Waals surface area contributed by atoms with Gasteiger partial charge in [0.1, 0.15) is 5.69 Å². The maximum atomic E-state index is 11.9. The van der Waals surface area contributed by atoms with Crippen LogP contribution in [0.25, 0.3) is 0 Å². The molecule has 96 valence electrons. The minimum atomic E-state index is -0.471. The normalized spacial score (nSPS) is 19.3. The van der Waals surface area contributed by atoms with Crippen LogP contribution >= 0.6 is 28.6 Å². The zero-order valence-electron chi connectivity index (χ0n) is 9.38. The number of benzene rings is 1. The third-order valence-electron chi connectivity index (χ3n) is 2.90. The third-order valence-corrected chi connectivity index (χ3v) is 4.05. The number of carbonyl (C=O) groups excluding carboxylic acids is 1. The molecule has 0 N–H and O–H groups in total. The Bertz CT molecular complexity index is 509. The van der Waals surface area contributed by atoms with Gasteiger partial charge in [0.05, 0.1) is 4.92 Å². The summed E-state index contributed by atoms with van der Waals surface area (Å²) in [4.78, 5) is 23.9. The molecule has 0 spiro atoms. The van der Waals surface area contributed by atoms with Crippen LogP contribution in [0.3, 0.4) is 0 Å². The lowest BCUT2D eigenvalue weighted by atomic mass is 10.1. The molecule has 0 bridgehead atoms. The Labute approximate surface area is 118 Å². The summed E-state index contributed by atoms with van der Waals surface area (Å²) in [5.74, 6) is 0.650. The summed E-state index contributed by atoms with van der Waals surface area (Å²) >= 11 is 7.45. The highest BCUT2D eigenvalue weighted by atomic mass is 79.9. The molecule has 1 atom stereocenters. The van der Waals surface area contributed by atoms with Crippen molar-refractivity contribution in [1.29, 1.82) is 0 Å². The zero-order valence-corrected chi connectivity index (χ0v) is 11.9. The van der Waals surface area contributed by atoms with E-state index < -0.39 is 4.92 Å². The quantitative estimate of drug-likeness (QED) is 0.526. The molecule has 1 unspecified atom stereocenters. The topological polar surface area (TPSA) is 63.5 Å². The summed E-state index contributed by atoms with van der Waals surface area (Å²) in [6, 6.07) is 4.69. The Morgan fingerprint density at radius 3 is 2.83 bits per heavy atom. The van der Waals surface area contributed by atoms with Gasteiger partial charge in [0.2, 0.25) is 5.91 Å². The highest BCUT2D eigenvalue weighted by molar-refractivity contribution is 9.10. The number of nitro benzene ring substituents is 1. The molecule has 1 aromatic carbocycles. The SMILES string of the molecule is O=C1CC(CS)CN1c1c(Br)cccc1[N+](=O)[O-]. The molecule has 2 rings (SSSR count). The van der Waals surface area contributed by atoms with E-state index in [2.05, 4.69) is 28.6 Å². The second-order valence-electron chi connectivity index (χ2n) is 4.12. The monoisotopic (exact) mass is 330 g/mol. The molecule has 7 heteroatoms. The standard InChI is InChI=1S/C11H11BrN2O3S/c12-8-2-1-3-9(14(16)17)11(8)13-5-7(6-18)4-10(13)15/h1-3,7,18H,4-6H2. The largest absolute Gasteiger partial charge is 0.305 e. The van der Waals surface area contributed by atoms with Gasteiger partial charge in [0.15, 0.2) is 0 Å². The van der Waals surface area contributed by atoms with Gasteiger partial charge in [-0.2, -0.15) is 12.6 Å². The van der Waals surface area contributed by atoms with Gasteiger partial charge < -0.3 is 4.90 Å². The molecule has 1 aliphatic heterocycles. The summed E-state index contributed by atoms with van der Waals surface area (Å²) in [6.45, 7) is 0.478. The first-order valence-corrected chi connectivity index (χ1v) is 6.81. The fourth-order valence-electron chi connectivity index (χ4n) is 2.04. The number of nitrogens with zero attached hydrogens (tertiary/aromatic N) is 2. The van der Waals surface area contributed by atoms with Gasteiger partial charge in [0, 0.05) is 23.5 Å². The van der Waals surface area contributed by atoms with Gasteiger partial charge in [-0.25, -0.2) is 0 Å². The molecule has 18 heavy (non-hydrogen) atoms. The molecule has 5 nitrogen and oxygen atoms in total. The minimum Gasteiger partial charge on any atom is -0.305 e. The summed E-state index contributed by atoms with van der Waals surface area (Å²) in [6.07, 6.45) is 0.391. The number of hydrogen-bond donors (Lipinski definition) is 1. The molecule has 1 amide bonds. The molecular formula is C11H11BrN2O3S. The fraction of sp³-hybridized carbons (Fsp3) is 0.364. The van der Waals surface area contributed by atoms with Crippen LogP contribution in [0.4, 0.5) is 11.4 Å². The van der Waals surface area contributed by atoms with Crippen LogP contribution < -0.4 is 4.90 Å². The van der Waals surface area contributed by atoms with Crippen LogP contribution in [0.1, 0.15) is 6.42 Å². The van der Waals surface area contributed by atoms with E-state index in [-0.39, 0.29) is 17.5 Å². The molecule has 1 fully saturated rings. The molecule has 0 aromatic heterocycles. The van der Waals surface area contributed by atoms with Crippen molar-refractivity contribution in [2.75, 3.05) is 17.2 Å². The van der Waals surface area contributed by atoms with Crippen molar-refractivity contribution in [3.8, 4) is 0 Å². The molecule has 0 saturated carbocycles. The average molecular weight is 331 g/mol. The molecule has 1 saturated heterocycles. The van der Waals surface area contributed by atoms with E-state index in [9.17, 15) is 14.9 Å². The number of halogens is 1. The van der Waals surface area contributed by atoms with Crippen LogP contribution in [0.15, 0.2) is 22.7 Å². The predicted molar refractivity (Wildman–Crippen MR) is 75.1 cm³/mol. The highest BCUT2D eigenvalue weighted by Crippen LogP contribution is 2.38. The van der Waals surface area contributed by atoms with E-state index in [0.717, 1.165) is 0 Å². The zero-order chi connectivity index (χ0) is 13.3. The van der Waals surface area contributed by atoms with E-state index in [4.69, 9.17) is 0 Å².